The van der Waals surface area contributed by atoms with Gasteiger partial charge in [-0.2, -0.15) is 0 Å². The molecule has 4 heterocycles. The van der Waals surface area contributed by atoms with Crippen LogP contribution >= 0.6 is 0 Å². The van der Waals surface area contributed by atoms with Gasteiger partial charge in [-0.25, -0.2) is 0 Å². The number of ether oxygens (including phenoxy) is 1. The monoisotopic (exact) mass is 388 g/mol. The van der Waals surface area contributed by atoms with Crippen molar-refractivity contribution >= 4 is 17.5 Å². The van der Waals surface area contributed by atoms with Crippen LogP contribution in [0.25, 0.3) is 0 Å². The summed E-state index contributed by atoms with van der Waals surface area (Å²) in [6.07, 6.45) is 2.28. The Morgan fingerprint density at radius 2 is 1.50 bits per heavy atom. The fraction of sp³-hybridized carbons (Fsp3) is 0.750. The van der Waals surface area contributed by atoms with Gasteiger partial charge in [-0.3, -0.25) is 9.69 Å². The van der Waals surface area contributed by atoms with Gasteiger partial charge in [0.2, 0.25) is 5.91 Å². The smallest absolute Gasteiger partial charge is 0.236 e. The highest BCUT2D eigenvalue weighted by Gasteiger charge is 2.25. The van der Waals surface area contributed by atoms with Gasteiger partial charge in [0.25, 0.3) is 0 Å². The molecule has 0 unspecified atom stereocenters. The van der Waals surface area contributed by atoms with E-state index in [-0.39, 0.29) is 5.91 Å². The Morgan fingerprint density at radius 3 is 2.07 bits per heavy atom. The van der Waals surface area contributed by atoms with Crippen molar-refractivity contribution in [2.45, 2.75) is 19.8 Å². The zero-order valence-corrected chi connectivity index (χ0v) is 16.9. The summed E-state index contributed by atoms with van der Waals surface area (Å²) in [5, 5.41) is 8.86. The average Bonchev–Trinajstić information content (AvgIpc) is 2.75. The molecular formula is C20H32N6O2. The number of nitrogens with zero attached hydrogens (tertiary/aromatic N) is 6. The Morgan fingerprint density at radius 1 is 0.929 bits per heavy atom. The van der Waals surface area contributed by atoms with Gasteiger partial charge in [-0.1, -0.05) is 6.92 Å². The summed E-state index contributed by atoms with van der Waals surface area (Å²) in [5.41, 5.74) is 0. The first-order chi connectivity index (χ1) is 13.7. The zero-order chi connectivity index (χ0) is 19.3. The van der Waals surface area contributed by atoms with Crippen LogP contribution in [-0.4, -0.2) is 98.0 Å². The minimum atomic E-state index is 0.287. The SMILES string of the molecule is CC1CCN(C(=O)CN2CCN(c3ccc(N4CCOCC4)nn3)CC2)CC1. The molecule has 0 N–H and O–H groups in total. The Hall–Kier alpha value is -1.93. The van der Waals surface area contributed by atoms with Crippen LogP contribution in [-0.2, 0) is 9.53 Å². The fourth-order valence-corrected chi connectivity index (χ4v) is 4.13. The molecule has 3 fully saturated rings. The van der Waals surface area contributed by atoms with Crippen molar-refractivity contribution in [1.82, 2.24) is 20.0 Å². The predicted octanol–water partition coefficient (Wildman–Crippen LogP) is 0.694. The molecule has 0 bridgehead atoms. The first-order valence-corrected chi connectivity index (χ1v) is 10.6. The van der Waals surface area contributed by atoms with Crippen molar-refractivity contribution in [2.75, 3.05) is 81.9 Å². The van der Waals surface area contributed by atoms with Crippen LogP contribution in [0.15, 0.2) is 12.1 Å². The highest BCUT2D eigenvalue weighted by atomic mass is 16.5. The Kier molecular flexibility index (Phi) is 6.26. The molecule has 8 heteroatoms. The number of rotatable bonds is 4. The lowest BCUT2D eigenvalue weighted by Gasteiger charge is -2.37. The number of carbonyl (C=O) groups is 1. The molecule has 3 saturated heterocycles. The van der Waals surface area contributed by atoms with Gasteiger partial charge in [0.15, 0.2) is 11.6 Å². The van der Waals surface area contributed by atoms with E-state index in [1.165, 1.54) is 0 Å². The van der Waals surface area contributed by atoms with Crippen LogP contribution in [0.2, 0.25) is 0 Å². The summed E-state index contributed by atoms with van der Waals surface area (Å²) in [5.74, 6) is 2.89. The average molecular weight is 389 g/mol. The van der Waals surface area contributed by atoms with Crippen molar-refractivity contribution in [3.05, 3.63) is 12.1 Å². The van der Waals surface area contributed by atoms with Gasteiger partial charge < -0.3 is 19.4 Å². The number of piperazine rings is 1. The first kappa shape index (κ1) is 19.4. The molecule has 4 rings (SSSR count). The van der Waals surface area contributed by atoms with Gasteiger partial charge in [0.1, 0.15) is 0 Å². The van der Waals surface area contributed by atoms with E-state index >= 15 is 0 Å². The largest absolute Gasteiger partial charge is 0.378 e. The molecule has 0 atom stereocenters. The van der Waals surface area contributed by atoms with Crippen molar-refractivity contribution < 1.29 is 9.53 Å². The lowest BCUT2D eigenvalue weighted by atomic mass is 9.99. The Labute approximate surface area is 167 Å². The summed E-state index contributed by atoms with van der Waals surface area (Å²) in [6, 6.07) is 4.12. The predicted molar refractivity (Wildman–Crippen MR) is 109 cm³/mol. The highest BCUT2D eigenvalue weighted by molar-refractivity contribution is 5.78. The molecule has 0 aliphatic carbocycles. The topological polar surface area (TPSA) is 65.0 Å². The van der Waals surface area contributed by atoms with E-state index in [1.807, 2.05) is 4.90 Å². The van der Waals surface area contributed by atoms with Crippen molar-refractivity contribution in [1.29, 1.82) is 0 Å². The van der Waals surface area contributed by atoms with Gasteiger partial charge >= 0.3 is 0 Å². The third kappa shape index (κ3) is 4.72. The lowest BCUT2D eigenvalue weighted by molar-refractivity contribution is -0.133. The van der Waals surface area contributed by atoms with E-state index in [0.29, 0.717) is 6.54 Å². The lowest BCUT2D eigenvalue weighted by Crippen LogP contribution is -2.51. The maximum absolute atomic E-state index is 12.5. The Balaban J connectivity index is 1.24. The minimum Gasteiger partial charge on any atom is -0.378 e. The molecule has 154 valence electrons. The molecule has 3 aliphatic rings. The number of piperidine rings is 1. The van der Waals surface area contributed by atoms with E-state index in [4.69, 9.17) is 4.74 Å². The van der Waals surface area contributed by atoms with Crippen LogP contribution < -0.4 is 9.80 Å². The summed E-state index contributed by atoms with van der Waals surface area (Å²) in [6.45, 7) is 11.5. The molecule has 8 nitrogen and oxygen atoms in total. The summed E-state index contributed by atoms with van der Waals surface area (Å²) in [4.78, 5) is 21.3. The van der Waals surface area contributed by atoms with Crippen molar-refractivity contribution in [2.24, 2.45) is 5.92 Å². The molecule has 0 spiro atoms. The highest BCUT2D eigenvalue weighted by Crippen LogP contribution is 2.19. The number of hydrogen-bond acceptors (Lipinski definition) is 7. The number of carbonyl (C=O) groups excluding carboxylic acids is 1. The van der Waals surface area contributed by atoms with Crippen LogP contribution in [0.5, 0.6) is 0 Å². The fourth-order valence-electron chi connectivity index (χ4n) is 4.13. The van der Waals surface area contributed by atoms with E-state index in [9.17, 15) is 4.79 Å². The molecule has 0 aromatic carbocycles. The van der Waals surface area contributed by atoms with Gasteiger partial charge in [-0.05, 0) is 30.9 Å². The van der Waals surface area contributed by atoms with E-state index < -0.39 is 0 Å². The number of aromatic nitrogens is 2. The van der Waals surface area contributed by atoms with Crippen LogP contribution in [0, 0.1) is 5.92 Å². The third-order valence-electron chi connectivity index (χ3n) is 6.16. The molecular weight excluding hydrogens is 356 g/mol. The molecule has 1 aromatic heterocycles. The molecule has 3 aliphatic heterocycles. The molecule has 1 amide bonds. The van der Waals surface area contributed by atoms with Gasteiger partial charge in [0.05, 0.1) is 19.8 Å². The van der Waals surface area contributed by atoms with E-state index in [2.05, 4.69) is 44.0 Å². The third-order valence-corrected chi connectivity index (χ3v) is 6.16. The minimum absolute atomic E-state index is 0.287. The summed E-state index contributed by atoms with van der Waals surface area (Å²) < 4.78 is 5.39. The maximum Gasteiger partial charge on any atom is 0.236 e. The molecule has 0 radical (unpaired) electrons. The van der Waals surface area contributed by atoms with Crippen molar-refractivity contribution in [3.8, 4) is 0 Å². The van der Waals surface area contributed by atoms with Crippen molar-refractivity contribution in [3.63, 3.8) is 0 Å². The van der Waals surface area contributed by atoms with Gasteiger partial charge in [-0.15, -0.1) is 10.2 Å². The van der Waals surface area contributed by atoms with Crippen LogP contribution in [0.1, 0.15) is 19.8 Å². The first-order valence-electron chi connectivity index (χ1n) is 10.6. The number of morpholine rings is 1. The standard InChI is InChI=1S/C20H32N6O2/c1-17-4-6-26(7-5-17)20(27)16-23-8-10-24(11-9-23)18-2-3-19(22-21-18)25-12-14-28-15-13-25/h2-3,17H,4-16H2,1H3. The maximum atomic E-state index is 12.5. The van der Waals surface area contributed by atoms with E-state index in [0.717, 1.165) is 96.0 Å². The Bertz CT molecular complexity index is 633. The second-order valence-electron chi connectivity index (χ2n) is 8.18. The molecule has 0 saturated carbocycles. The normalized spacial score (nSPS) is 22.5. The van der Waals surface area contributed by atoms with E-state index in [1.54, 1.807) is 0 Å². The number of hydrogen-bond donors (Lipinski definition) is 0. The number of anilines is 2. The molecule has 1 aromatic rings. The second kappa shape index (κ2) is 9.05. The van der Waals surface area contributed by atoms with Gasteiger partial charge in [0, 0.05) is 52.4 Å². The van der Waals surface area contributed by atoms with Crippen LogP contribution in [0.4, 0.5) is 11.6 Å². The van der Waals surface area contributed by atoms with Crippen LogP contribution in [0.3, 0.4) is 0 Å². The second-order valence-corrected chi connectivity index (χ2v) is 8.18. The number of amides is 1. The summed E-state index contributed by atoms with van der Waals surface area (Å²) in [7, 11) is 0. The zero-order valence-electron chi connectivity index (χ0n) is 16.9. The molecule has 28 heavy (non-hydrogen) atoms. The summed E-state index contributed by atoms with van der Waals surface area (Å²) >= 11 is 0. The quantitative estimate of drug-likeness (QED) is 0.752. The number of likely N-dealkylation sites (tertiary alicyclic amines) is 1.